The first-order valence-corrected chi connectivity index (χ1v) is 11.7. The molecule has 0 fully saturated rings. The summed E-state index contributed by atoms with van der Waals surface area (Å²) in [6.45, 7) is 18.1. The number of rotatable bonds is 11. The Bertz CT molecular complexity index is 799. The summed E-state index contributed by atoms with van der Waals surface area (Å²) < 4.78 is 0. The maximum Gasteiger partial charge on any atom is 0.134 e. The molecule has 0 saturated carbocycles. The fraction of sp³-hybridized carbons (Fsp3) is 0.429. The molecule has 0 bridgehead atoms. The zero-order chi connectivity index (χ0) is 24.2. The van der Waals surface area contributed by atoms with Crippen LogP contribution in [0.1, 0.15) is 63.8 Å². The van der Waals surface area contributed by atoms with Crippen molar-refractivity contribution in [3.05, 3.63) is 84.2 Å². The van der Waals surface area contributed by atoms with Crippen molar-refractivity contribution in [2.75, 3.05) is 25.0 Å². The van der Waals surface area contributed by atoms with Gasteiger partial charge < -0.3 is 10.6 Å². The highest BCUT2D eigenvalue weighted by atomic mass is 16.1. The smallest absolute Gasteiger partial charge is 0.134 e. The highest BCUT2D eigenvalue weighted by molar-refractivity contribution is 5.78. The van der Waals surface area contributed by atoms with Gasteiger partial charge >= 0.3 is 0 Å². The van der Waals surface area contributed by atoms with E-state index in [0.717, 1.165) is 43.0 Å². The average Bonchev–Trinajstić information content (AvgIpc) is 2.79. The van der Waals surface area contributed by atoms with Gasteiger partial charge in [0.25, 0.3) is 0 Å². The van der Waals surface area contributed by atoms with Crippen molar-refractivity contribution in [3.63, 3.8) is 0 Å². The molecule has 1 aromatic heterocycles. The SMILES string of the molecule is C=C/C=C\C.CC.CC(=O)Cc1cccc(C(C)CNCCCNc2cccnc2C)c1. The van der Waals surface area contributed by atoms with Crippen LogP contribution in [0.5, 0.6) is 0 Å². The minimum Gasteiger partial charge on any atom is -0.384 e. The second-order valence-electron chi connectivity index (χ2n) is 7.41. The van der Waals surface area contributed by atoms with E-state index in [9.17, 15) is 4.79 Å². The Hall–Kier alpha value is -2.72. The third-order valence-corrected chi connectivity index (χ3v) is 4.60. The molecule has 1 atom stereocenters. The van der Waals surface area contributed by atoms with Gasteiger partial charge in [0.1, 0.15) is 5.78 Å². The molecule has 2 aromatic rings. The van der Waals surface area contributed by atoms with Crippen LogP contribution in [0.25, 0.3) is 0 Å². The maximum atomic E-state index is 11.3. The second-order valence-corrected chi connectivity index (χ2v) is 7.41. The third kappa shape index (κ3) is 13.6. The average molecular weight is 438 g/mol. The number of nitrogens with one attached hydrogen (secondary N) is 2. The summed E-state index contributed by atoms with van der Waals surface area (Å²) in [7, 11) is 0. The number of nitrogens with zero attached hydrogens (tertiary/aromatic N) is 1. The number of ketones is 1. The van der Waals surface area contributed by atoms with E-state index in [1.54, 1.807) is 13.0 Å². The topological polar surface area (TPSA) is 54.0 Å². The van der Waals surface area contributed by atoms with E-state index in [1.165, 1.54) is 5.56 Å². The van der Waals surface area contributed by atoms with Crippen LogP contribution in [0.2, 0.25) is 0 Å². The number of carbonyl (C=O) groups excluding carboxylic acids is 1. The van der Waals surface area contributed by atoms with Crippen molar-refractivity contribution >= 4 is 11.5 Å². The molecule has 1 aromatic carbocycles. The molecule has 1 unspecified atom stereocenters. The molecule has 0 aliphatic rings. The molecular formula is C28H43N3O. The molecule has 2 N–H and O–H groups in total. The van der Waals surface area contributed by atoms with Gasteiger partial charge in [-0.2, -0.15) is 0 Å². The van der Waals surface area contributed by atoms with E-state index in [0.29, 0.717) is 12.3 Å². The Labute approximate surface area is 196 Å². The summed E-state index contributed by atoms with van der Waals surface area (Å²) in [6.07, 6.45) is 8.97. The minimum absolute atomic E-state index is 0.208. The third-order valence-electron chi connectivity index (χ3n) is 4.60. The first kappa shape index (κ1) is 29.3. The number of anilines is 1. The molecule has 32 heavy (non-hydrogen) atoms. The summed E-state index contributed by atoms with van der Waals surface area (Å²) in [5.41, 5.74) is 4.54. The number of hydrogen-bond donors (Lipinski definition) is 2. The quantitative estimate of drug-likeness (QED) is 0.311. The van der Waals surface area contributed by atoms with E-state index < -0.39 is 0 Å². The Kier molecular flexibility index (Phi) is 17.4. The van der Waals surface area contributed by atoms with Crippen molar-refractivity contribution in [3.8, 4) is 0 Å². The van der Waals surface area contributed by atoms with Crippen molar-refractivity contribution in [2.45, 2.75) is 60.3 Å². The van der Waals surface area contributed by atoms with Crippen molar-refractivity contribution in [2.24, 2.45) is 0 Å². The second kappa shape index (κ2) is 19.0. The molecule has 0 amide bonds. The van der Waals surface area contributed by atoms with Gasteiger partial charge in [-0.3, -0.25) is 9.78 Å². The van der Waals surface area contributed by atoms with Crippen molar-refractivity contribution < 1.29 is 4.79 Å². The highest BCUT2D eigenvalue weighted by Gasteiger charge is 2.07. The Balaban J connectivity index is 0.00000121. The normalized spacial score (nSPS) is 10.9. The van der Waals surface area contributed by atoms with Crippen LogP contribution in [0.15, 0.2) is 67.4 Å². The summed E-state index contributed by atoms with van der Waals surface area (Å²) >= 11 is 0. The van der Waals surface area contributed by atoms with Gasteiger partial charge in [0.15, 0.2) is 0 Å². The lowest BCUT2D eigenvalue weighted by molar-refractivity contribution is -0.116. The van der Waals surface area contributed by atoms with Gasteiger partial charge in [-0.25, -0.2) is 0 Å². The summed E-state index contributed by atoms with van der Waals surface area (Å²) in [6, 6.07) is 12.4. The number of allylic oxidation sites excluding steroid dienone is 3. The van der Waals surface area contributed by atoms with E-state index in [2.05, 4.69) is 47.3 Å². The Morgan fingerprint density at radius 2 is 1.94 bits per heavy atom. The van der Waals surface area contributed by atoms with Crippen molar-refractivity contribution in [1.29, 1.82) is 0 Å². The fourth-order valence-corrected chi connectivity index (χ4v) is 2.98. The number of Topliss-reactive ketones (excluding diaryl/α,β-unsaturated/α-hetero) is 1. The van der Waals surface area contributed by atoms with Crippen LogP contribution >= 0.6 is 0 Å². The van der Waals surface area contributed by atoms with Crippen LogP contribution in [-0.4, -0.2) is 30.4 Å². The number of hydrogen-bond acceptors (Lipinski definition) is 4. The van der Waals surface area contributed by atoms with Crippen LogP contribution in [0, 0.1) is 6.92 Å². The van der Waals surface area contributed by atoms with Gasteiger partial charge in [0, 0.05) is 25.7 Å². The lowest BCUT2D eigenvalue weighted by Gasteiger charge is -2.14. The monoisotopic (exact) mass is 437 g/mol. The van der Waals surface area contributed by atoms with Crippen LogP contribution in [0.3, 0.4) is 0 Å². The molecule has 4 heteroatoms. The van der Waals surface area contributed by atoms with Gasteiger partial charge in [0.05, 0.1) is 11.4 Å². The fourth-order valence-electron chi connectivity index (χ4n) is 2.98. The number of aromatic nitrogens is 1. The number of aryl methyl sites for hydroxylation is 1. The van der Waals surface area contributed by atoms with Crippen molar-refractivity contribution in [1.82, 2.24) is 10.3 Å². The first-order valence-electron chi connectivity index (χ1n) is 11.7. The largest absolute Gasteiger partial charge is 0.384 e. The van der Waals surface area contributed by atoms with Crippen LogP contribution in [0.4, 0.5) is 5.69 Å². The standard InChI is InChI=1S/C21H29N3O.C5H8.C2H6/c1-16(20-8-4-7-19(14-20)13-17(2)25)15-22-10-6-12-24-21-9-5-11-23-18(21)3;1-3-5-4-2;1-2/h4-5,7-9,11,14,16,22,24H,6,10,12-13,15H2,1-3H3;3-5H,1H2,2H3;1-2H3/b;5-4-;. The Morgan fingerprint density at radius 3 is 2.53 bits per heavy atom. The molecule has 0 aliphatic heterocycles. The summed E-state index contributed by atoms with van der Waals surface area (Å²) in [4.78, 5) is 15.5. The maximum absolute atomic E-state index is 11.3. The number of pyridine rings is 1. The summed E-state index contributed by atoms with van der Waals surface area (Å²) in [5.74, 6) is 0.639. The van der Waals surface area contributed by atoms with Gasteiger partial charge in [-0.05, 0) is 62.9 Å². The zero-order valence-electron chi connectivity index (χ0n) is 20.9. The molecule has 4 nitrogen and oxygen atoms in total. The van der Waals surface area contributed by atoms with Crippen LogP contribution in [-0.2, 0) is 11.2 Å². The molecule has 0 radical (unpaired) electrons. The van der Waals surface area contributed by atoms with Crippen LogP contribution < -0.4 is 10.6 Å². The van der Waals surface area contributed by atoms with Gasteiger partial charge in [0.2, 0.25) is 0 Å². The first-order chi connectivity index (χ1) is 15.5. The summed E-state index contributed by atoms with van der Waals surface area (Å²) in [5, 5.41) is 6.95. The van der Waals surface area contributed by atoms with E-state index in [-0.39, 0.29) is 5.78 Å². The molecule has 0 spiro atoms. The predicted octanol–water partition coefficient (Wildman–Crippen LogP) is 6.49. The molecule has 0 saturated heterocycles. The van der Waals surface area contributed by atoms with E-state index >= 15 is 0 Å². The van der Waals surface area contributed by atoms with E-state index in [1.807, 2.05) is 64.2 Å². The molecule has 176 valence electrons. The molecule has 0 aliphatic carbocycles. The highest BCUT2D eigenvalue weighted by Crippen LogP contribution is 2.16. The lowest BCUT2D eigenvalue weighted by Crippen LogP contribution is -2.23. The zero-order valence-corrected chi connectivity index (χ0v) is 20.9. The van der Waals surface area contributed by atoms with Gasteiger partial charge in [-0.15, -0.1) is 0 Å². The minimum atomic E-state index is 0.208. The number of carbonyl (C=O) groups is 1. The number of benzene rings is 1. The predicted molar refractivity (Wildman–Crippen MR) is 141 cm³/mol. The van der Waals surface area contributed by atoms with E-state index in [4.69, 9.17) is 0 Å². The molecular weight excluding hydrogens is 394 g/mol. The Morgan fingerprint density at radius 1 is 1.19 bits per heavy atom. The van der Waals surface area contributed by atoms with Gasteiger partial charge in [-0.1, -0.05) is 69.8 Å². The molecule has 2 rings (SSSR count). The lowest BCUT2D eigenvalue weighted by atomic mass is 9.97. The molecule has 1 heterocycles.